The summed E-state index contributed by atoms with van der Waals surface area (Å²) < 4.78 is 10.5. The summed E-state index contributed by atoms with van der Waals surface area (Å²) in [7, 11) is 2.91. The maximum atomic E-state index is 12.6. The molecule has 0 bridgehead atoms. The fraction of sp³-hybridized carbons (Fsp3) is 0.150. The molecule has 0 aliphatic carbocycles. The van der Waals surface area contributed by atoms with Crippen molar-refractivity contribution in [1.29, 1.82) is 0 Å². The van der Waals surface area contributed by atoms with Crippen LogP contribution in [0, 0.1) is 0 Å². The monoisotopic (exact) mass is 358 g/mol. The van der Waals surface area contributed by atoms with Gasteiger partial charge in [-0.3, -0.25) is 4.79 Å². The molecular formula is C20H19ClO4. The van der Waals surface area contributed by atoms with E-state index in [0.717, 1.165) is 0 Å². The molecule has 0 aromatic heterocycles. The van der Waals surface area contributed by atoms with E-state index in [4.69, 9.17) is 21.1 Å². The van der Waals surface area contributed by atoms with E-state index in [0.29, 0.717) is 28.3 Å². The highest BCUT2D eigenvalue weighted by molar-refractivity contribution is 6.32. The summed E-state index contributed by atoms with van der Waals surface area (Å²) in [6, 6.07) is 8.74. The summed E-state index contributed by atoms with van der Waals surface area (Å²) in [5.41, 5.74) is 1.26. The van der Waals surface area contributed by atoms with Crippen molar-refractivity contribution in [3.05, 3.63) is 70.8 Å². The number of carbonyl (C=O) groups excluding carboxylic acids is 1. The average molecular weight is 359 g/mol. The quantitative estimate of drug-likeness (QED) is 0.443. The van der Waals surface area contributed by atoms with Gasteiger partial charge in [-0.15, -0.1) is 6.58 Å². The van der Waals surface area contributed by atoms with Gasteiger partial charge in [0.15, 0.2) is 5.78 Å². The van der Waals surface area contributed by atoms with E-state index in [1.165, 1.54) is 20.3 Å². The number of rotatable bonds is 7. The number of hydrogen-bond donors (Lipinski definition) is 1. The van der Waals surface area contributed by atoms with Gasteiger partial charge in [0.1, 0.15) is 22.8 Å². The third-order valence-electron chi connectivity index (χ3n) is 3.68. The number of ketones is 1. The Labute approximate surface area is 152 Å². The molecule has 1 N–H and O–H groups in total. The predicted molar refractivity (Wildman–Crippen MR) is 99.9 cm³/mol. The smallest absolute Gasteiger partial charge is 0.193 e. The molecule has 0 aliphatic rings. The van der Waals surface area contributed by atoms with Gasteiger partial charge in [0, 0.05) is 16.7 Å². The van der Waals surface area contributed by atoms with Gasteiger partial charge in [-0.1, -0.05) is 35.9 Å². The third kappa shape index (κ3) is 4.03. The van der Waals surface area contributed by atoms with Crippen LogP contribution in [0.5, 0.6) is 17.2 Å². The van der Waals surface area contributed by atoms with Crippen molar-refractivity contribution in [3.63, 3.8) is 0 Å². The van der Waals surface area contributed by atoms with Crippen molar-refractivity contribution in [1.82, 2.24) is 0 Å². The third-order valence-corrected chi connectivity index (χ3v) is 4.03. The molecule has 130 valence electrons. The van der Waals surface area contributed by atoms with E-state index in [1.54, 1.807) is 36.4 Å². The van der Waals surface area contributed by atoms with Crippen LogP contribution in [0.15, 0.2) is 49.1 Å². The van der Waals surface area contributed by atoms with Gasteiger partial charge in [-0.25, -0.2) is 0 Å². The second-order valence-corrected chi connectivity index (χ2v) is 5.60. The molecule has 0 amide bonds. The highest BCUT2D eigenvalue weighted by atomic mass is 35.5. The van der Waals surface area contributed by atoms with Crippen molar-refractivity contribution < 1.29 is 19.4 Å². The van der Waals surface area contributed by atoms with Crippen molar-refractivity contribution in [2.24, 2.45) is 0 Å². The van der Waals surface area contributed by atoms with Crippen molar-refractivity contribution in [2.75, 3.05) is 14.2 Å². The fourth-order valence-corrected chi connectivity index (χ4v) is 2.64. The molecule has 0 radical (unpaired) electrons. The van der Waals surface area contributed by atoms with Gasteiger partial charge >= 0.3 is 0 Å². The van der Waals surface area contributed by atoms with Gasteiger partial charge < -0.3 is 14.6 Å². The van der Waals surface area contributed by atoms with Gasteiger partial charge in [0.25, 0.3) is 0 Å². The zero-order valence-electron chi connectivity index (χ0n) is 14.1. The topological polar surface area (TPSA) is 55.8 Å². The molecule has 0 fully saturated rings. The Bertz CT molecular complexity index is 825. The summed E-state index contributed by atoms with van der Waals surface area (Å²) in [5, 5.41) is 11.1. The molecule has 0 aliphatic heterocycles. The van der Waals surface area contributed by atoms with Crippen LogP contribution in [0.4, 0.5) is 0 Å². The Morgan fingerprint density at radius 1 is 1.24 bits per heavy atom. The predicted octanol–water partition coefficient (Wildman–Crippen LogP) is 4.69. The number of halogens is 1. The highest BCUT2D eigenvalue weighted by Crippen LogP contribution is 2.39. The van der Waals surface area contributed by atoms with Gasteiger partial charge in [-0.2, -0.15) is 0 Å². The molecular weight excluding hydrogens is 340 g/mol. The van der Waals surface area contributed by atoms with Crippen LogP contribution < -0.4 is 9.47 Å². The van der Waals surface area contributed by atoms with E-state index >= 15 is 0 Å². The van der Waals surface area contributed by atoms with Crippen LogP contribution in [-0.4, -0.2) is 25.1 Å². The second kappa shape index (κ2) is 8.40. The first-order valence-corrected chi connectivity index (χ1v) is 7.95. The van der Waals surface area contributed by atoms with E-state index in [9.17, 15) is 9.90 Å². The van der Waals surface area contributed by atoms with Crippen LogP contribution in [0.2, 0.25) is 5.02 Å². The molecule has 2 rings (SSSR count). The molecule has 2 aromatic carbocycles. The minimum absolute atomic E-state index is 0.0726. The lowest BCUT2D eigenvalue weighted by molar-refractivity contribution is 0.104. The molecule has 0 heterocycles. The number of ether oxygens (including phenoxy) is 2. The van der Waals surface area contributed by atoms with E-state index in [1.807, 2.05) is 6.07 Å². The molecule has 0 spiro atoms. The number of benzene rings is 2. The summed E-state index contributed by atoms with van der Waals surface area (Å²) >= 11 is 6.09. The SMILES string of the molecule is C=CCc1c(OC)cc(OC)c(C(=O)C=Cc2ccccc2Cl)c1O. The Morgan fingerprint density at radius 2 is 1.92 bits per heavy atom. The van der Waals surface area contributed by atoms with Crippen molar-refractivity contribution in [3.8, 4) is 17.2 Å². The van der Waals surface area contributed by atoms with Crippen LogP contribution in [0.25, 0.3) is 6.08 Å². The zero-order chi connectivity index (χ0) is 18.4. The van der Waals surface area contributed by atoms with Crippen molar-refractivity contribution >= 4 is 23.5 Å². The number of carbonyl (C=O) groups is 1. The first kappa shape index (κ1) is 18.6. The van der Waals surface area contributed by atoms with Crippen LogP contribution in [0.1, 0.15) is 21.5 Å². The standard InChI is InChI=1S/C20H19ClO4/c1-4-7-14-17(24-2)12-18(25-3)19(20(14)23)16(22)11-10-13-8-5-6-9-15(13)21/h4-6,8-12,23H,1,7H2,2-3H3. The average Bonchev–Trinajstić information content (AvgIpc) is 2.62. The Kier molecular flexibility index (Phi) is 6.25. The summed E-state index contributed by atoms with van der Waals surface area (Å²) in [6.45, 7) is 3.66. The van der Waals surface area contributed by atoms with Crippen LogP contribution in [-0.2, 0) is 6.42 Å². The first-order chi connectivity index (χ1) is 12.0. The van der Waals surface area contributed by atoms with E-state index in [-0.39, 0.29) is 17.1 Å². The first-order valence-electron chi connectivity index (χ1n) is 7.58. The van der Waals surface area contributed by atoms with Gasteiger partial charge in [0.2, 0.25) is 0 Å². The number of methoxy groups -OCH3 is 2. The summed E-state index contributed by atoms with van der Waals surface area (Å²) in [5.74, 6) is 0.0870. The normalized spacial score (nSPS) is 10.7. The number of aromatic hydroxyl groups is 1. The molecule has 0 unspecified atom stereocenters. The molecule has 25 heavy (non-hydrogen) atoms. The highest BCUT2D eigenvalue weighted by Gasteiger charge is 2.22. The second-order valence-electron chi connectivity index (χ2n) is 5.20. The Hall–Kier alpha value is -2.72. The summed E-state index contributed by atoms with van der Waals surface area (Å²) in [4.78, 5) is 12.6. The number of phenolic OH excluding ortho intramolecular Hbond substituents is 1. The lowest BCUT2D eigenvalue weighted by atomic mass is 9.99. The maximum absolute atomic E-state index is 12.6. The number of allylic oxidation sites excluding steroid dienone is 2. The van der Waals surface area contributed by atoms with Gasteiger partial charge in [0.05, 0.1) is 14.2 Å². The lowest BCUT2D eigenvalue weighted by Gasteiger charge is -2.15. The largest absolute Gasteiger partial charge is 0.507 e. The molecule has 0 saturated carbocycles. The van der Waals surface area contributed by atoms with Gasteiger partial charge in [-0.05, 0) is 30.2 Å². The lowest BCUT2D eigenvalue weighted by Crippen LogP contribution is -2.04. The number of phenols is 1. The summed E-state index contributed by atoms with van der Waals surface area (Å²) in [6.07, 6.45) is 4.93. The van der Waals surface area contributed by atoms with Crippen molar-refractivity contribution in [2.45, 2.75) is 6.42 Å². The fourth-order valence-electron chi connectivity index (χ4n) is 2.44. The minimum atomic E-state index is -0.401. The molecule has 4 nitrogen and oxygen atoms in total. The molecule has 2 aromatic rings. The molecule has 0 saturated heterocycles. The van der Waals surface area contributed by atoms with Crippen LogP contribution in [0.3, 0.4) is 0 Å². The van der Waals surface area contributed by atoms with E-state index < -0.39 is 5.78 Å². The molecule has 0 atom stereocenters. The zero-order valence-corrected chi connectivity index (χ0v) is 14.8. The van der Waals surface area contributed by atoms with E-state index in [2.05, 4.69) is 6.58 Å². The Balaban J connectivity index is 2.49. The number of hydrogen-bond acceptors (Lipinski definition) is 4. The minimum Gasteiger partial charge on any atom is -0.507 e. The van der Waals surface area contributed by atoms with Crippen LogP contribution >= 0.6 is 11.6 Å². The maximum Gasteiger partial charge on any atom is 0.193 e. The Morgan fingerprint density at radius 3 is 2.52 bits per heavy atom. The molecule has 5 heteroatoms.